The number of aryl methyl sites for hydroxylation is 2. The molecule has 31 heavy (non-hydrogen) atoms. The maximum atomic E-state index is 13.4. The zero-order valence-electron chi connectivity index (χ0n) is 18.3. The van der Waals surface area contributed by atoms with Crippen molar-refractivity contribution in [1.29, 1.82) is 0 Å². The van der Waals surface area contributed by atoms with Crippen molar-refractivity contribution in [3.05, 3.63) is 107 Å². The lowest BCUT2D eigenvalue weighted by Crippen LogP contribution is -2.49. The molecule has 0 radical (unpaired) electrons. The summed E-state index contributed by atoms with van der Waals surface area (Å²) in [4.78, 5) is 28.1. The number of amides is 2. The fraction of sp³-hybridized carbons (Fsp3) is 0.259. The molecule has 3 rings (SSSR count). The van der Waals surface area contributed by atoms with Crippen molar-refractivity contribution < 1.29 is 9.59 Å². The summed E-state index contributed by atoms with van der Waals surface area (Å²) >= 11 is 0. The Morgan fingerprint density at radius 3 is 2.03 bits per heavy atom. The highest BCUT2D eigenvalue weighted by atomic mass is 16.2. The summed E-state index contributed by atoms with van der Waals surface area (Å²) < 4.78 is 0. The largest absolute Gasteiger partial charge is 0.357 e. The van der Waals surface area contributed by atoms with Crippen LogP contribution in [0.2, 0.25) is 0 Å². The van der Waals surface area contributed by atoms with Crippen molar-refractivity contribution in [3.8, 4) is 0 Å². The smallest absolute Gasteiger partial charge is 0.242 e. The summed E-state index contributed by atoms with van der Waals surface area (Å²) in [6.45, 7) is 2.44. The van der Waals surface area contributed by atoms with Crippen LogP contribution in [0.5, 0.6) is 0 Å². The molecular weight excluding hydrogens is 384 g/mol. The van der Waals surface area contributed by atoms with Gasteiger partial charge in [0.15, 0.2) is 0 Å². The Balaban J connectivity index is 1.88. The Hall–Kier alpha value is -3.40. The van der Waals surface area contributed by atoms with Gasteiger partial charge in [0.2, 0.25) is 11.8 Å². The van der Waals surface area contributed by atoms with Crippen LogP contribution in [0.4, 0.5) is 0 Å². The first kappa shape index (κ1) is 22.3. The van der Waals surface area contributed by atoms with E-state index in [1.807, 2.05) is 91.9 Å². The predicted molar refractivity (Wildman–Crippen MR) is 124 cm³/mol. The van der Waals surface area contributed by atoms with Crippen LogP contribution in [-0.4, -0.2) is 29.8 Å². The second kappa shape index (κ2) is 11.1. The molecule has 160 valence electrons. The molecule has 0 heterocycles. The number of rotatable bonds is 9. The van der Waals surface area contributed by atoms with Crippen LogP contribution in [0.3, 0.4) is 0 Å². The van der Waals surface area contributed by atoms with Crippen molar-refractivity contribution in [1.82, 2.24) is 10.2 Å². The van der Waals surface area contributed by atoms with Crippen LogP contribution in [0, 0.1) is 6.92 Å². The monoisotopic (exact) mass is 414 g/mol. The number of carbonyl (C=O) groups excluding carboxylic acids is 2. The van der Waals surface area contributed by atoms with E-state index >= 15 is 0 Å². The van der Waals surface area contributed by atoms with Gasteiger partial charge in [0.05, 0.1) is 0 Å². The molecule has 1 atom stereocenters. The number of carbonyl (C=O) groups is 2. The van der Waals surface area contributed by atoms with Crippen LogP contribution < -0.4 is 5.32 Å². The standard InChI is InChI=1S/C27H30N2O2/c1-21-11-9-10-16-24(21)20-29(26(30)18-17-22-12-5-3-6-13-22)25(27(31)28-2)19-23-14-7-4-8-15-23/h3-16,25H,17-20H2,1-2H3,(H,28,31)/t25-/m0/s1. The van der Waals surface area contributed by atoms with Gasteiger partial charge in [-0.1, -0.05) is 84.9 Å². The Labute approximate surface area is 184 Å². The van der Waals surface area contributed by atoms with Gasteiger partial charge in [-0.15, -0.1) is 0 Å². The quantitative estimate of drug-likeness (QED) is 0.567. The fourth-order valence-electron chi connectivity index (χ4n) is 3.73. The van der Waals surface area contributed by atoms with Gasteiger partial charge in [0.1, 0.15) is 6.04 Å². The Morgan fingerprint density at radius 2 is 1.42 bits per heavy atom. The van der Waals surface area contributed by atoms with E-state index in [1.54, 1.807) is 11.9 Å². The molecule has 3 aromatic rings. The van der Waals surface area contributed by atoms with Crippen LogP contribution in [0.25, 0.3) is 0 Å². The minimum absolute atomic E-state index is 0.0170. The van der Waals surface area contributed by atoms with E-state index in [2.05, 4.69) is 5.32 Å². The van der Waals surface area contributed by atoms with E-state index in [1.165, 1.54) is 0 Å². The minimum Gasteiger partial charge on any atom is -0.357 e. The average Bonchev–Trinajstić information content (AvgIpc) is 2.81. The van der Waals surface area contributed by atoms with E-state index in [9.17, 15) is 9.59 Å². The molecule has 0 saturated carbocycles. The second-order valence-corrected chi connectivity index (χ2v) is 7.75. The summed E-state index contributed by atoms with van der Waals surface area (Å²) in [5.41, 5.74) is 4.31. The topological polar surface area (TPSA) is 49.4 Å². The van der Waals surface area contributed by atoms with Gasteiger partial charge in [-0.3, -0.25) is 9.59 Å². The summed E-state index contributed by atoms with van der Waals surface area (Å²) in [5, 5.41) is 2.76. The zero-order chi connectivity index (χ0) is 22.1. The van der Waals surface area contributed by atoms with Crippen molar-refractivity contribution >= 4 is 11.8 Å². The van der Waals surface area contributed by atoms with Gasteiger partial charge in [0, 0.05) is 26.4 Å². The van der Waals surface area contributed by atoms with Crippen molar-refractivity contribution in [2.45, 2.75) is 38.8 Å². The molecule has 0 unspecified atom stereocenters. The molecule has 0 aliphatic rings. The zero-order valence-corrected chi connectivity index (χ0v) is 18.3. The molecule has 1 N–H and O–H groups in total. The Kier molecular flexibility index (Phi) is 7.99. The second-order valence-electron chi connectivity index (χ2n) is 7.75. The van der Waals surface area contributed by atoms with Gasteiger partial charge in [-0.2, -0.15) is 0 Å². The van der Waals surface area contributed by atoms with Gasteiger partial charge in [0.25, 0.3) is 0 Å². The average molecular weight is 415 g/mol. The third-order valence-electron chi connectivity index (χ3n) is 5.59. The maximum absolute atomic E-state index is 13.4. The third-order valence-corrected chi connectivity index (χ3v) is 5.59. The predicted octanol–water partition coefficient (Wildman–Crippen LogP) is 4.31. The van der Waals surface area contributed by atoms with Crippen LogP contribution in [-0.2, 0) is 29.0 Å². The molecule has 4 nitrogen and oxygen atoms in total. The van der Waals surface area contributed by atoms with Gasteiger partial charge in [-0.25, -0.2) is 0 Å². The highest BCUT2D eigenvalue weighted by Crippen LogP contribution is 2.18. The molecule has 0 spiro atoms. The van der Waals surface area contributed by atoms with E-state index in [0.29, 0.717) is 25.8 Å². The fourth-order valence-corrected chi connectivity index (χ4v) is 3.73. The lowest BCUT2D eigenvalue weighted by atomic mass is 10.0. The van der Waals surface area contributed by atoms with Crippen molar-refractivity contribution in [2.24, 2.45) is 0 Å². The minimum atomic E-state index is -0.574. The molecule has 0 saturated heterocycles. The first-order chi connectivity index (χ1) is 15.1. The molecule has 3 aromatic carbocycles. The lowest BCUT2D eigenvalue weighted by molar-refractivity contribution is -0.141. The first-order valence-electron chi connectivity index (χ1n) is 10.7. The highest BCUT2D eigenvalue weighted by Gasteiger charge is 2.29. The summed E-state index contributed by atoms with van der Waals surface area (Å²) in [5.74, 6) is -0.165. The highest BCUT2D eigenvalue weighted by molar-refractivity contribution is 5.88. The Morgan fingerprint density at radius 1 is 0.839 bits per heavy atom. The van der Waals surface area contributed by atoms with Crippen LogP contribution in [0.1, 0.15) is 28.7 Å². The molecular formula is C27H30N2O2. The van der Waals surface area contributed by atoms with Crippen molar-refractivity contribution in [2.75, 3.05) is 7.05 Å². The number of hydrogen-bond donors (Lipinski definition) is 1. The molecule has 4 heteroatoms. The molecule has 0 aliphatic carbocycles. The summed E-state index contributed by atoms with van der Waals surface area (Å²) in [6.07, 6.45) is 1.48. The van der Waals surface area contributed by atoms with E-state index in [-0.39, 0.29) is 11.8 Å². The molecule has 0 aliphatic heterocycles. The third kappa shape index (κ3) is 6.29. The molecule has 0 fully saturated rings. The molecule has 0 aromatic heterocycles. The Bertz CT molecular complexity index is 986. The van der Waals surface area contributed by atoms with Crippen molar-refractivity contribution in [3.63, 3.8) is 0 Å². The van der Waals surface area contributed by atoms with E-state index < -0.39 is 6.04 Å². The van der Waals surface area contributed by atoms with E-state index in [4.69, 9.17) is 0 Å². The SMILES string of the molecule is CNC(=O)[C@H](Cc1ccccc1)N(Cc1ccccc1C)C(=O)CCc1ccccc1. The van der Waals surface area contributed by atoms with Gasteiger partial charge in [-0.05, 0) is 35.6 Å². The summed E-state index contributed by atoms with van der Waals surface area (Å²) in [7, 11) is 1.63. The van der Waals surface area contributed by atoms with Crippen LogP contribution in [0.15, 0.2) is 84.9 Å². The number of hydrogen-bond acceptors (Lipinski definition) is 2. The molecule has 2 amide bonds. The van der Waals surface area contributed by atoms with Gasteiger partial charge < -0.3 is 10.2 Å². The number of nitrogens with zero attached hydrogens (tertiary/aromatic N) is 1. The molecule has 0 bridgehead atoms. The number of benzene rings is 3. The van der Waals surface area contributed by atoms with E-state index in [0.717, 1.165) is 22.3 Å². The van der Waals surface area contributed by atoms with Crippen LogP contribution >= 0.6 is 0 Å². The van der Waals surface area contributed by atoms with Gasteiger partial charge >= 0.3 is 0 Å². The maximum Gasteiger partial charge on any atom is 0.242 e. The first-order valence-corrected chi connectivity index (χ1v) is 10.7. The normalized spacial score (nSPS) is 11.5. The lowest BCUT2D eigenvalue weighted by Gasteiger charge is -2.31. The summed E-state index contributed by atoms with van der Waals surface area (Å²) in [6, 6.07) is 27.3. The number of likely N-dealkylation sites (N-methyl/N-ethyl adjacent to an activating group) is 1. The number of nitrogens with one attached hydrogen (secondary N) is 1.